The highest BCUT2D eigenvalue weighted by molar-refractivity contribution is 5.96. The van der Waals surface area contributed by atoms with E-state index in [4.69, 9.17) is 5.11 Å². The lowest BCUT2D eigenvalue weighted by Gasteiger charge is -2.32. The minimum atomic E-state index is -1.17. The topological polar surface area (TPSA) is 127 Å². The number of nitrogens with zero attached hydrogens (tertiary/aromatic N) is 2. The van der Waals surface area contributed by atoms with Crippen molar-refractivity contribution >= 4 is 23.6 Å². The smallest absolute Gasteiger partial charge is 0.328 e. The Morgan fingerprint density at radius 3 is 2.94 bits per heavy atom. The molecule has 9 heteroatoms. The van der Waals surface area contributed by atoms with Crippen molar-refractivity contribution in [2.24, 2.45) is 0 Å². The average Bonchev–Trinajstić information content (AvgIpc) is 2.81. The zero-order chi connectivity index (χ0) is 13.1. The van der Waals surface area contributed by atoms with E-state index in [-0.39, 0.29) is 13.1 Å². The summed E-state index contributed by atoms with van der Waals surface area (Å²) in [4.78, 5) is 35.0. The molecule has 0 spiro atoms. The molecule has 1 atom stereocenters. The van der Waals surface area contributed by atoms with E-state index in [1.807, 2.05) is 0 Å². The number of amides is 3. The molecule has 1 fully saturated rings. The van der Waals surface area contributed by atoms with Crippen LogP contribution in [0.3, 0.4) is 0 Å². The number of carbonyl (C=O) groups excluding carboxylic acids is 2. The monoisotopic (exact) mass is 253 g/mol. The third-order valence-electron chi connectivity index (χ3n) is 2.48. The molecule has 1 unspecified atom stereocenters. The molecule has 0 saturated carbocycles. The van der Waals surface area contributed by atoms with Gasteiger partial charge in [0.2, 0.25) is 5.91 Å². The van der Waals surface area contributed by atoms with Crippen LogP contribution in [0, 0.1) is 0 Å². The molecule has 0 aromatic carbocycles. The molecule has 1 saturated heterocycles. The van der Waals surface area contributed by atoms with Crippen molar-refractivity contribution in [2.75, 3.05) is 18.4 Å². The summed E-state index contributed by atoms with van der Waals surface area (Å²) in [5.41, 5.74) is 0.398. The van der Waals surface area contributed by atoms with Gasteiger partial charge in [-0.2, -0.15) is 5.10 Å². The summed E-state index contributed by atoms with van der Waals surface area (Å²) >= 11 is 0. The van der Waals surface area contributed by atoms with Crippen molar-refractivity contribution in [3.63, 3.8) is 0 Å². The van der Waals surface area contributed by atoms with Crippen LogP contribution in [0.2, 0.25) is 0 Å². The van der Waals surface area contributed by atoms with Crippen molar-refractivity contribution in [3.05, 3.63) is 12.4 Å². The van der Waals surface area contributed by atoms with Gasteiger partial charge in [-0.25, -0.2) is 9.59 Å². The summed E-state index contributed by atoms with van der Waals surface area (Å²) in [5.74, 6) is -1.56. The van der Waals surface area contributed by atoms with Crippen molar-refractivity contribution in [1.29, 1.82) is 0 Å². The fraction of sp³-hybridized carbons (Fsp3) is 0.333. The van der Waals surface area contributed by atoms with Gasteiger partial charge in [-0.3, -0.25) is 14.8 Å². The van der Waals surface area contributed by atoms with Crippen LogP contribution in [0.5, 0.6) is 0 Å². The van der Waals surface area contributed by atoms with Crippen LogP contribution in [0.15, 0.2) is 12.4 Å². The van der Waals surface area contributed by atoms with Crippen LogP contribution in [0.1, 0.15) is 0 Å². The maximum absolute atomic E-state index is 11.9. The molecular formula is C9H11N5O4. The molecule has 1 aromatic rings. The Balaban J connectivity index is 2.09. The fourth-order valence-corrected chi connectivity index (χ4v) is 1.59. The van der Waals surface area contributed by atoms with Crippen molar-refractivity contribution in [3.8, 4) is 0 Å². The molecule has 1 aliphatic heterocycles. The third kappa shape index (κ3) is 2.39. The van der Waals surface area contributed by atoms with Gasteiger partial charge in [0.05, 0.1) is 11.9 Å². The van der Waals surface area contributed by atoms with Gasteiger partial charge in [0.15, 0.2) is 0 Å². The van der Waals surface area contributed by atoms with Crippen molar-refractivity contribution in [1.82, 2.24) is 20.4 Å². The molecule has 0 aliphatic carbocycles. The molecule has 0 radical (unpaired) electrons. The first-order valence-corrected chi connectivity index (χ1v) is 5.14. The largest absolute Gasteiger partial charge is 0.480 e. The molecule has 1 aromatic heterocycles. The second-order valence-corrected chi connectivity index (χ2v) is 3.70. The van der Waals surface area contributed by atoms with E-state index in [9.17, 15) is 14.4 Å². The second-order valence-electron chi connectivity index (χ2n) is 3.70. The normalized spacial score (nSPS) is 19.2. The number of piperazine rings is 1. The van der Waals surface area contributed by atoms with Gasteiger partial charge in [0, 0.05) is 12.7 Å². The summed E-state index contributed by atoms with van der Waals surface area (Å²) in [7, 11) is 0. The summed E-state index contributed by atoms with van der Waals surface area (Å²) in [6, 6.07) is -1.73. The minimum absolute atomic E-state index is 0.104. The number of H-pyrrole nitrogens is 1. The van der Waals surface area contributed by atoms with Gasteiger partial charge in [0.1, 0.15) is 12.6 Å². The SMILES string of the molecule is O=C1CN(C(=O)Nc2cn[nH]c2)C(C(=O)O)CN1. The maximum atomic E-state index is 11.9. The Morgan fingerprint density at radius 1 is 1.56 bits per heavy atom. The van der Waals surface area contributed by atoms with E-state index in [0.717, 1.165) is 4.90 Å². The van der Waals surface area contributed by atoms with E-state index in [1.165, 1.54) is 12.4 Å². The number of rotatable bonds is 2. The number of urea groups is 1. The zero-order valence-electron chi connectivity index (χ0n) is 9.21. The van der Waals surface area contributed by atoms with Gasteiger partial charge < -0.3 is 15.7 Å². The standard InChI is InChI=1S/C9H11N5O4/c15-7-4-14(6(3-10-7)8(16)17)9(18)13-5-1-11-12-2-5/h1-2,6H,3-4H2,(H,10,15)(H,11,12)(H,13,18)(H,16,17). The van der Waals surface area contributed by atoms with E-state index >= 15 is 0 Å². The molecular weight excluding hydrogens is 242 g/mol. The Kier molecular flexibility index (Phi) is 3.13. The quantitative estimate of drug-likeness (QED) is 0.528. The van der Waals surface area contributed by atoms with Crippen LogP contribution < -0.4 is 10.6 Å². The highest BCUT2D eigenvalue weighted by Gasteiger charge is 2.35. The van der Waals surface area contributed by atoms with E-state index in [2.05, 4.69) is 20.8 Å². The molecule has 2 heterocycles. The van der Waals surface area contributed by atoms with Gasteiger partial charge in [0.25, 0.3) is 0 Å². The highest BCUT2D eigenvalue weighted by Crippen LogP contribution is 2.09. The molecule has 1 aliphatic rings. The predicted octanol–water partition coefficient (Wildman–Crippen LogP) is -1.17. The van der Waals surface area contributed by atoms with Crippen LogP contribution in [0.25, 0.3) is 0 Å². The minimum Gasteiger partial charge on any atom is -0.480 e. The van der Waals surface area contributed by atoms with Crippen molar-refractivity contribution < 1.29 is 19.5 Å². The first kappa shape index (κ1) is 11.9. The highest BCUT2D eigenvalue weighted by atomic mass is 16.4. The molecule has 4 N–H and O–H groups in total. The number of carboxylic acid groups (broad SMARTS) is 1. The number of nitrogens with one attached hydrogen (secondary N) is 3. The third-order valence-corrected chi connectivity index (χ3v) is 2.48. The lowest BCUT2D eigenvalue weighted by atomic mass is 10.2. The number of hydrogen-bond acceptors (Lipinski definition) is 4. The van der Waals surface area contributed by atoms with Crippen LogP contribution >= 0.6 is 0 Å². The molecule has 2 rings (SSSR count). The second kappa shape index (κ2) is 4.73. The molecule has 18 heavy (non-hydrogen) atoms. The lowest BCUT2D eigenvalue weighted by Crippen LogP contribution is -2.60. The van der Waals surface area contributed by atoms with Gasteiger partial charge in [-0.05, 0) is 0 Å². The Morgan fingerprint density at radius 2 is 2.33 bits per heavy atom. The van der Waals surface area contributed by atoms with E-state index in [0.29, 0.717) is 5.69 Å². The zero-order valence-corrected chi connectivity index (χ0v) is 9.21. The fourth-order valence-electron chi connectivity index (χ4n) is 1.59. The molecule has 0 bridgehead atoms. The average molecular weight is 253 g/mol. The number of aromatic nitrogens is 2. The van der Waals surface area contributed by atoms with E-state index in [1.54, 1.807) is 0 Å². The summed E-state index contributed by atoms with van der Waals surface area (Å²) in [6.07, 6.45) is 2.81. The summed E-state index contributed by atoms with van der Waals surface area (Å²) < 4.78 is 0. The Labute approximate surface area is 101 Å². The summed E-state index contributed by atoms with van der Waals surface area (Å²) in [6.45, 7) is -0.395. The predicted molar refractivity (Wildman–Crippen MR) is 58.7 cm³/mol. The molecule has 9 nitrogen and oxygen atoms in total. The van der Waals surface area contributed by atoms with Crippen molar-refractivity contribution in [2.45, 2.75) is 6.04 Å². The number of hydrogen-bond donors (Lipinski definition) is 4. The van der Waals surface area contributed by atoms with Gasteiger partial charge >= 0.3 is 12.0 Å². The number of aliphatic carboxylic acids is 1. The van der Waals surface area contributed by atoms with Crippen LogP contribution in [-0.2, 0) is 9.59 Å². The van der Waals surface area contributed by atoms with Crippen LogP contribution in [-0.4, -0.2) is 57.2 Å². The number of anilines is 1. The number of carbonyl (C=O) groups is 3. The first-order valence-electron chi connectivity index (χ1n) is 5.14. The number of carboxylic acids is 1. The first-order chi connectivity index (χ1) is 8.58. The maximum Gasteiger partial charge on any atom is 0.328 e. The summed E-state index contributed by atoms with van der Waals surface area (Å²) in [5, 5.41) is 20.0. The van der Waals surface area contributed by atoms with E-state index < -0.39 is 23.9 Å². The molecule has 96 valence electrons. The Bertz CT molecular complexity index is 471. The molecule has 3 amide bonds. The Hall–Kier alpha value is -2.58. The number of aromatic amines is 1. The van der Waals surface area contributed by atoms with Crippen LogP contribution in [0.4, 0.5) is 10.5 Å². The van der Waals surface area contributed by atoms with Gasteiger partial charge in [-0.15, -0.1) is 0 Å². The van der Waals surface area contributed by atoms with Gasteiger partial charge in [-0.1, -0.05) is 0 Å². The lowest BCUT2D eigenvalue weighted by molar-refractivity contribution is -0.144.